The third-order valence-corrected chi connectivity index (χ3v) is 3.62. The first-order chi connectivity index (χ1) is 7.72. The molecule has 0 bridgehead atoms. The van der Waals surface area contributed by atoms with Crippen molar-refractivity contribution in [3.8, 4) is 0 Å². The molecule has 0 aliphatic heterocycles. The van der Waals surface area contributed by atoms with Crippen LogP contribution in [0.3, 0.4) is 0 Å². The molecule has 1 saturated carbocycles. The Labute approximate surface area is 97.5 Å². The third-order valence-electron chi connectivity index (χ3n) is 3.62. The summed E-state index contributed by atoms with van der Waals surface area (Å²) >= 11 is 0. The van der Waals surface area contributed by atoms with Gasteiger partial charge in [-0.1, -0.05) is 13.3 Å². The fourth-order valence-corrected chi connectivity index (χ4v) is 2.63. The molecular weight excluding hydrogens is 198 g/mol. The molecule has 2 atom stereocenters. The summed E-state index contributed by atoms with van der Waals surface area (Å²) in [6.07, 6.45) is 5.11. The van der Waals surface area contributed by atoms with Gasteiger partial charge in [0.1, 0.15) is 5.82 Å². The molecule has 1 heterocycles. The fraction of sp³-hybridized carbons (Fsp3) is 0.692. The molecule has 2 N–H and O–H groups in total. The number of aryl methyl sites for hydroxylation is 1. The molecule has 1 aromatic heterocycles. The van der Waals surface area contributed by atoms with E-state index in [0.717, 1.165) is 23.1 Å². The van der Waals surface area contributed by atoms with Gasteiger partial charge in [0.05, 0.1) is 5.69 Å². The van der Waals surface area contributed by atoms with Crippen LogP contribution >= 0.6 is 0 Å². The van der Waals surface area contributed by atoms with Crippen molar-refractivity contribution in [2.45, 2.75) is 52.0 Å². The van der Waals surface area contributed by atoms with Crippen molar-refractivity contribution in [1.82, 2.24) is 9.97 Å². The van der Waals surface area contributed by atoms with Crippen LogP contribution in [-0.2, 0) is 6.54 Å². The van der Waals surface area contributed by atoms with Crippen LogP contribution < -0.4 is 5.73 Å². The fourth-order valence-electron chi connectivity index (χ4n) is 2.63. The maximum Gasteiger partial charge on any atom is 0.131 e. The minimum Gasteiger partial charge on any atom is -0.325 e. The van der Waals surface area contributed by atoms with Gasteiger partial charge in [0, 0.05) is 18.2 Å². The van der Waals surface area contributed by atoms with Crippen molar-refractivity contribution >= 4 is 0 Å². The Balaban J connectivity index is 2.17. The van der Waals surface area contributed by atoms with E-state index in [1.165, 1.54) is 25.7 Å². The predicted octanol–water partition coefficient (Wildman–Crippen LogP) is 2.54. The van der Waals surface area contributed by atoms with Gasteiger partial charge in [0.25, 0.3) is 0 Å². The average molecular weight is 219 g/mol. The maximum atomic E-state index is 5.65. The largest absolute Gasteiger partial charge is 0.325 e. The maximum absolute atomic E-state index is 5.65. The Kier molecular flexibility index (Phi) is 3.54. The number of rotatable bonds is 3. The second kappa shape index (κ2) is 4.91. The van der Waals surface area contributed by atoms with Crippen molar-refractivity contribution in [1.29, 1.82) is 0 Å². The van der Waals surface area contributed by atoms with E-state index in [2.05, 4.69) is 16.9 Å². The summed E-state index contributed by atoms with van der Waals surface area (Å²) in [6, 6.07) is 1.98. The van der Waals surface area contributed by atoms with Crippen LogP contribution in [0.2, 0.25) is 0 Å². The molecule has 2 rings (SSSR count). The van der Waals surface area contributed by atoms with Crippen LogP contribution in [0.5, 0.6) is 0 Å². The van der Waals surface area contributed by atoms with Gasteiger partial charge < -0.3 is 5.73 Å². The van der Waals surface area contributed by atoms with Crippen molar-refractivity contribution < 1.29 is 0 Å². The van der Waals surface area contributed by atoms with E-state index >= 15 is 0 Å². The molecule has 88 valence electrons. The third kappa shape index (κ3) is 2.40. The highest BCUT2D eigenvalue weighted by Crippen LogP contribution is 2.38. The van der Waals surface area contributed by atoms with Gasteiger partial charge in [-0.3, -0.25) is 0 Å². The minimum atomic E-state index is 0.514. The molecule has 1 aliphatic rings. The minimum absolute atomic E-state index is 0.514. The van der Waals surface area contributed by atoms with Gasteiger partial charge in [-0.05, 0) is 38.2 Å². The Hall–Kier alpha value is -0.960. The SMILES string of the molecule is CCC1CCC(c2nc(C)cc(CN)n2)C1. The first-order valence-electron chi connectivity index (χ1n) is 6.27. The zero-order valence-electron chi connectivity index (χ0n) is 10.2. The molecule has 1 aliphatic carbocycles. The van der Waals surface area contributed by atoms with E-state index in [-0.39, 0.29) is 0 Å². The molecule has 3 heteroatoms. The second-order valence-electron chi connectivity index (χ2n) is 4.85. The molecule has 0 saturated heterocycles. The lowest BCUT2D eigenvalue weighted by Gasteiger charge is -2.11. The highest BCUT2D eigenvalue weighted by Gasteiger charge is 2.26. The Morgan fingerprint density at radius 1 is 1.38 bits per heavy atom. The molecule has 0 spiro atoms. The highest BCUT2D eigenvalue weighted by atomic mass is 14.9. The smallest absolute Gasteiger partial charge is 0.131 e. The number of aromatic nitrogens is 2. The lowest BCUT2D eigenvalue weighted by atomic mass is 10.0. The summed E-state index contributed by atoms with van der Waals surface area (Å²) in [5.74, 6) is 2.46. The Morgan fingerprint density at radius 3 is 2.81 bits per heavy atom. The molecule has 16 heavy (non-hydrogen) atoms. The molecule has 1 fully saturated rings. The molecule has 0 radical (unpaired) electrons. The van der Waals surface area contributed by atoms with Crippen LogP contribution in [0.4, 0.5) is 0 Å². The van der Waals surface area contributed by atoms with Gasteiger partial charge in [-0.25, -0.2) is 9.97 Å². The molecular formula is C13H21N3. The standard InChI is InChI=1S/C13H21N3/c1-3-10-4-5-11(7-10)13-15-9(2)6-12(8-14)16-13/h6,10-11H,3-5,7-8,14H2,1-2H3. The zero-order valence-corrected chi connectivity index (χ0v) is 10.2. The second-order valence-corrected chi connectivity index (χ2v) is 4.85. The van der Waals surface area contributed by atoms with Crippen LogP contribution in [-0.4, -0.2) is 9.97 Å². The normalized spacial score (nSPS) is 24.9. The van der Waals surface area contributed by atoms with Gasteiger partial charge in [-0.15, -0.1) is 0 Å². The first kappa shape index (κ1) is 11.5. The summed E-state index contributed by atoms with van der Waals surface area (Å²) in [6.45, 7) is 4.81. The van der Waals surface area contributed by atoms with Crippen molar-refractivity contribution in [2.75, 3.05) is 0 Å². The quantitative estimate of drug-likeness (QED) is 0.850. The summed E-state index contributed by atoms with van der Waals surface area (Å²) < 4.78 is 0. The van der Waals surface area contributed by atoms with Crippen molar-refractivity contribution in [2.24, 2.45) is 11.7 Å². The van der Waals surface area contributed by atoms with Gasteiger partial charge >= 0.3 is 0 Å². The summed E-state index contributed by atoms with van der Waals surface area (Å²) in [7, 11) is 0. The average Bonchev–Trinajstić information content (AvgIpc) is 2.76. The van der Waals surface area contributed by atoms with Crippen molar-refractivity contribution in [3.63, 3.8) is 0 Å². The van der Waals surface area contributed by atoms with Crippen molar-refractivity contribution in [3.05, 3.63) is 23.3 Å². The topological polar surface area (TPSA) is 51.8 Å². The van der Waals surface area contributed by atoms with Crippen LogP contribution in [0.15, 0.2) is 6.07 Å². The molecule has 0 amide bonds. The van der Waals surface area contributed by atoms with E-state index in [4.69, 9.17) is 5.73 Å². The van der Waals surface area contributed by atoms with E-state index in [0.29, 0.717) is 12.5 Å². The molecule has 1 aromatic rings. The lowest BCUT2D eigenvalue weighted by Crippen LogP contribution is -2.08. The number of nitrogens with two attached hydrogens (primary N) is 1. The number of hydrogen-bond donors (Lipinski definition) is 1. The molecule has 0 aromatic carbocycles. The predicted molar refractivity (Wildman–Crippen MR) is 65.0 cm³/mol. The van der Waals surface area contributed by atoms with E-state index in [1.807, 2.05) is 13.0 Å². The summed E-state index contributed by atoms with van der Waals surface area (Å²) in [5, 5.41) is 0. The monoisotopic (exact) mass is 219 g/mol. The number of nitrogens with zero attached hydrogens (tertiary/aromatic N) is 2. The highest BCUT2D eigenvalue weighted by molar-refractivity contribution is 5.13. The Morgan fingerprint density at radius 2 is 2.19 bits per heavy atom. The van der Waals surface area contributed by atoms with Crippen LogP contribution in [0.1, 0.15) is 55.7 Å². The van der Waals surface area contributed by atoms with Gasteiger partial charge in [-0.2, -0.15) is 0 Å². The molecule has 3 nitrogen and oxygen atoms in total. The van der Waals surface area contributed by atoms with Gasteiger partial charge in [0.15, 0.2) is 0 Å². The Bertz CT molecular complexity index is 362. The van der Waals surface area contributed by atoms with Crippen LogP contribution in [0.25, 0.3) is 0 Å². The van der Waals surface area contributed by atoms with E-state index in [9.17, 15) is 0 Å². The summed E-state index contributed by atoms with van der Waals surface area (Å²) in [4.78, 5) is 9.13. The van der Waals surface area contributed by atoms with Crippen LogP contribution in [0, 0.1) is 12.8 Å². The van der Waals surface area contributed by atoms with E-state index in [1.54, 1.807) is 0 Å². The first-order valence-corrected chi connectivity index (χ1v) is 6.27. The van der Waals surface area contributed by atoms with E-state index < -0.39 is 0 Å². The molecule has 2 unspecified atom stereocenters. The number of hydrogen-bond acceptors (Lipinski definition) is 3. The zero-order chi connectivity index (χ0) is 11.5. The lowest BCUT2D eigenvalue weighted by molar-refractivity contribution is 0.516. The summed E-state index contributed by atoms with van der Waals surface area (Å²) in [5.41, 5.74) is 7.67. The van der Waals surface area contributed by atoms with Gasteiger partial charge in [0.2, 0.25) is 0 Å².